The number of aliphatic hydroxyl groups excluding tert-OH is 3. The summed E-state index contributed by atoms with van der Waals surface area (Å²) in [5.41, 5.74) is 11.0. The van der Waals surface area contributed by atoms with Crippen LogP contribution in [0.5, 0.6) is 0 Å². The van der Waals surface area contributed by atoms with Crippen molar-refractivity contribution < 1.29 is 20.1 Å². The van der Waals surface area contributed by atoms with Gasteiger partial charge in [-0.3, -0.25) is 9.55 Å². The van der Waals surface area contributed by atoms with E-state index in [-0.39, 0.29) is 22.9 Å². The van der Waals surface area contributed by atoms with Crippen molar-refractivity contribution in [3.05, 3.63) is 48.4 Å². The van der Waals surface area contributed by atoms with Crippen LogP contribution >= 0.6 is 0 Å². The Labute approximate surface area is 181 Å². The lowest BCUT2D eigenvalue weighted by Gasteiger charge is -2.18. The third-order valence-electron chi connectivity index (χ3n) is 5.33. The number of nitrogens with one attached hydrogen (secondary N) is 1. The maximum absolute atomic E-state index is 10.5. The number of benzene rings is 1. The zero-order chi connectivity index (χ0) is 22.2. The molecule has 12 heteroatoms. The minimum atomic E-state index is -1.34. The van der Waals surface area contributed by atoms with E-state index in [2.05, 4.69) is 30.5 Å². The average molecular weight is 436 g/mol. The first-order valence-corrected chi connectivity index (χ1v) is 9.82. The molecule has 0 radical (unpaired) electrons. The van der Waals surface area contributed by atoms with Crippen molar-refractivity contribution in [1.29, 1.82) is 0 Å². The van der Waals surface area contributed by atoms with Crippen LogP contribution in [0.4, 0.5) is 11.8 Å². The highest BCUT2D eigenvalue weighted by atomic mass is 16.6. The van der Waals surface area contributed by atoms with Gasteiger partial charge in [0.05, 0.1) is 18.3 Å². The molecule has 5 rings (SSSR count). The van der Waals surface area contributed by atoms with Crippen molar-refractivity contribution in [3.8, 4) is 0 Å². The molecule has 1 aromatic carbocycles. The average Bonchev–Trinajstić information content (AvgIpc) is 3.31. The van der Waals surface area contributed by atoms with Gasteiger partial charge in [-0.1, -0.05) is 18.2 Å². The van der Waals surface area contributed by atoms with Crippen molar-refractivity contribution in [3.63, 3.8) is 0 Å². The highest BCUT2D eigenvalue weighted by Crippen LogP contribution is 2.35. The fraction of sp³-hybridized carbons (Fsp3) is 0.250. The van der Waals surface area contributed by atoms with Crippen LogP contribution in [0.1, 0.15) is 11.8 Å². The molecule has 6 N–H and O–H groups in total. The molecule has 3 aromatic heterocycles. The molecule has 4 heterocycles. The Hall–Kier alpha value is -3.71. The van der Waals surface area contributed by atoms with Crippen LogP contribution in [0.2, 0.25) is 0 Å². The smallest absolute Gasteiger partial charge is 0.228 e. The molecule has 164 valence electrons. The summed E-state index contributed by atoms with van der Waals surface area (Å²) in [5.74, 6) is 0.296. The van der Waals surface area contributed by atoms with E-state index < -0.39 is 31.1 Å². The number of hydrogen-bond donors (Lipinski definition) is 5. The van der Waals surface area contributed by atoms with Crippen molar-refractivity contribution in [2.45, 2.75) is 24.5 Å². The lowest BCUT2D eigenvalue weighted by Crippen LogP contribution is -2.33. The maximum Gasteiger partial charge on any atom is 0.228 e. The van der Waals surface area contributed by atoms with Gasteiger partial charge in [-0.2, -0.15) is 5.10 Å². The van der Waals surface area contributed by atoms with Gasteiger partial charge in [0.1, 0.15) is 24.6 Å². The summed E-state index contributed by atoms with van der Waals surface area (Å²) in [6, 6.07) is 9.49. The number of ether oxygens (including phenoxy) is 1. The molecule has 0 spiro atoms. The molecule has 1 fully saturated rings. The van der Waals surface area contributed by atoms with Gasteiger partial charge >= 0.3 is 0 Å². The molecular weight excluding hydrogens is 416 g/mol. The summed E-state index contributed by atoms with van der Waals surface area (Å²) in [4.78, 5) is 16.9. The highest BCUT2D eigenvalue weighted by molar-refractivity contribution is 5.98. The van der Waals surface area contributed by atoms with Crippen LogP contribution < -0.4 is 11.2 Å². The number of fused-ring (bicyclic) bond motifs is 2. The van der Waals surface area contributed by atoms with E-state index in [0.717, 1.165) is 16.5 Å². The molecule has 4 aromatic rings. The fourth-order valence-electron chi connectivity index (χ4n) is 3.73. The third-order valence-corrected chi connectivity index (χ3v) is 5.33. The summed E-state index contributed by atoms with van der Waals surface area (Å²) < 4.78 is 7.09. The number of rotatable bonds is 5. The SMILES string of the molecule is Nc1ncnc2c1nc(NN=Cc1ccnc3ccccc13)n2[C@@H]1O[C@H](CO)[C@@H](O)[C@H]1O. The van der Waals surface area contributed by atoms with Crippen molar-refractivity contribution >= 4 is 40.0 Å². The minimum Gasteiger partial charge on any atom is -0.394 e. The van der Waals surface area contributed by atoms with E-state index in [1.807, 2.05) is 30.3 Å². The summed E-state index contributed by atoms with van der Waals surface area (Å²) in [6.45, 7) is -0.464. The predicted octanol–water partition coefficient (Wildman–Crippen LogP) is 0.0142. The van der Waals surface area contributed by atoms with E-state index in [9.17, 15) is 15.3 Å². The molecule has 1 saturated heterocycles. The van der Waals surface area contributed by atoms with Gasteiger partial charge in [-0.15, -0.1) is 0 Å². The molecule has 12 nitrogen and oxygen atoms in total. The Morgan fingerprint density at radius 2 is 2.00 bits per heavy atom. The highest BCUT2D eigenvalue weighted by Gasteiger charge is 2.45. The zero-order valence-electron chi connectivity index (χ0n) is 16.6. The van der Waals surface area contributed by atoms with Crippen LogP contribution in [0, 0.1) is 0 Å². The second kappa shape index (κ2) is 8.09. The van der Waals surface area contributed by atoms with Gasteiger partial charge in [-0.25, -0.2) is 20.4 Å². The molecule has 0 bridgehead atoms. The molecule has 1 aliphatic heterocycles. The molecule has 0 saturated carbocycles. The Morgan fingerprint density at radius 1 is 1.16 bits per heavy atom. The first kappa shape index (κ1) is 20.2. The molecule has 1 aliphatic rings. The Kier molecular flexibility index (Phi) is 5.11. The molecule has 0 aliphatic carbocycles. The quantitative estimate of drug-likeness (QED) is 0.212. The van der Waals surface area contributed by atoms with E-state index >= 15 is 0 Å². The number of aromatic nitrogens is 5. The number of nitrogen functional groups attached to an aromatic ring is 1. The first-order valence-electron chi connectivity index (χ1n) is 9.82. The lowest BCUT2D eigenvalue weighted by molar-refractivity contribution is -0.0501. The Balaban J connectivity index is 1.53. The van der Waals surface area contributed by atoms with Gasteiger partial charge in [0, 0.05) is 17.1 Å². The predicted molar refractivity (Wildman–Crippen MR) is 116 cm³/mol. The number of para-hydroxylation sites is 1. The standard InChI is InChI=1S/C20H20N8O4/c21-17-14-18(24-9-23-17)28(19-16(31)15(30)13(8-29)32-19)20(26-14)27-25-7-10-5-6-22-12-4-2-1-3-11(10)12/h1-7,9,13,15-16,19,29-31H,8H2,(H,26,27)(H2,21,23,24)/t13-,15-,16-,19-/m1/s1. The molecule has 4 atom stereocenters. The molecule has 32 heavy (non-hydrogen) atoms. The zero-order valence-corrected chi connectivity index (χ0v) is 16.6. The summed E-state index contributed by atoms with van der Waals surface area (Å²) in [7, 11) is 0. The third kappa shape index (κ3) is 3.31. The summed E-state index contributed by atoms with van der Waals surface area (Å²) >= 11 is 0. The van der Waals surface area contributed by atoms with Crippen molar-refractivity contribution in [1.82, 2.24) is 24.5 Å². The second-order valence-corrected chi connectivity index (χ2v) is 7.25. The molecule has 0 amide bonds. The number of nitrogens with two attached hydrogens (primary N) is 1. The number of hydrogen-bond acceptors (Lipinski definition) is 11. The maximum atomic E-state index is 10.5. The van der Waals surface area contributed by atoms with Crippen LogP contribution in [0.15, 0.2) is 48.0 Å². The second-order valence-electron chi connectivity index (χ2n) is 7.25. The monoisotopic (exact) mass is 436 g/mol. The van der Waals surface area contributed by atoms with Crippen LogP contribution in [-0.2, 0) is 4.74 Å². The number of anilines is 2. The Morgan fingerprint density at radius 3 is 2.81 bits per heavy atom. The van der Waals surface area contributed by atoms with E-state index in [1.54, 1.807) is 12.4 Å². The van der Waals surface area contributed by atoms with Gasteiger partial charge < -0.3 is 25.8 Å². The topological polar surface area (TPSA) is 177 Å². The van der Waals surface area contributed by atoms with Gasteiger partial charge in [-0.05, 0) is 12.1 Å². The van der Waals surface area contributed by atoms with Crippen molar-refractivity contribution in [2.75, 3.05) is 17.8 Å². The van der Waals surface area contributed by atoms with Gasteiger partial charge in [0.15, 0.2) is 23.2 Å². The number of aliphatic hydroxyl groups is 3. The summed E-state index contributed by atoms with van der Waals surface area (Å²) in [5, 5.41) is 35.4. The van der Waals surface area contributed by atoms with Gasteiger partial charge in [0.25, 0.3) is 0 Å². The van der Waals surface area contributed by atoms with Crippen LogP contribution in [0.25, 0.3) is 22.1 Å². The van der Waals surface area contributed by atoms with Gasteiger partial charge in [0.2, 0.25) is 5.95 Å². The first-order chi connectivity index (χ1) is 15.6. The van der Waals surface area contributed by atoms with E-state index in [0.29, 0.717) is 0 Å². The molecule has 0 unspecified atom stereocenters. The van der Waals surface area contributed by atoms with E-state index in [1.165, 1.54) is 10.9 Å². The number of imidazole rings is 1. The van der Waals surface area contributed by atoms with Crippen LogP contribution in [-0.4, -0.2) is 71.0 Å². The number of pyridine rings is 1. The summed E-state index contributed by atoms with van der Waals surface area (Å²) in [6.07, 6.45) is -0.121. The largest absolute Gasteiger partial charge is 0.394 e. The number of hydrazone groups is 1. The fourth-order valence-corrected chi connectivity index (χ4v) is 3.73. The normalized spacial score (nSPS) is 23.5. The Bertz CT molecular complexity index is 1300. The minimum absolute atomic E-state index is 0.132. The van der Waals surface area contributed by atoms with Crippen molar-refractivity contribution in [2.24, 2.45) is 5.10 Å². The van der Waals surface area contributed by atoms with Crippen LogP contribution in [0.3, 0.4) is 0 Å². The number of nitrogens with zero attached hydrogens (tertiary/aromatic N) is 6. The van der Waals surface area contributed by atoms with E-state index in [4.69, 9.17) is 10.5 Å². The lowest BCUT2D eigenvalue weighted by atomic mass is 10.1. The molecular formula is C20H20N8O4.